The second-order valence-corrected chi connectivity index (χ2v) is 8.41. The van der Waals surface area contributed by atoms with Crippen LogP contribution in [0.1, 0.15) is 48.8 Å². The fourth-order valence-electron chi connectivity index (χ4n) is 4.67. The number of benzene rings is 2. The van der Waals surface area contributed by atoms with E-state index in [1.54, 1.807) is 30.3 Å². The van der Waals surface area contributed by atoms with E-state index in [9.17, 15) is 19.5 Å². The average Bonchev–Trinajstić information content (AvgIpc) is 3.10. The van der Waals surface area contributed by atoms with Crippen molar-refractivity contribution in [3.8, 4) is 0 Å². The molecule has 0 aromatic heterocycles. The van der Waals surface area contributed by atoms with Crippen molar-refractivity contribution in [3.05, 3.63) is 83.1 Å². The highest BCUT2D eigenvalue weighted by atomic mass is 16.3. The lowest BCUT2D eigenvalue weighted by molar-refractivity contribution is -0.136. The van der Waals surface area contributed by atoms with Crippen LogP contribution in [-0.4, -0.2) is 40.3 Å². The molecule has 7 nitrogen and oxygen atoms in total. The first kappa shape index (κ1) is 21.6. The summed E-state index contributed by atoms with van der Waals surface area (Å²) in [7, 11) is 0. The first-order valence-corrected chi connectivity index (χ1v) is 10.9. The molecular formula is C25H27N3O4. The van der Waals surface area contributed by atoms with Crippen molar-refractivity contribution in [1.82, 2.24) is 10.2 Å². The van der Waals surface area contributed by atoms with Gasteiger partial charge in [0.05, 0.1) is 12.1 Å². The molecule has 1 atom stereocenters. The molecule has 1 saturated carbocycles. The van der Waals surface area contributed by atoms with Crippen LogP contribution in [0.2, 0.25) is 0 Å². The van der Waals surface area contributed by atoms with E-state index in [1.165, 1.54) is 5.56 Å². The van der Waals surface area contributed by atoms with Crippen LogP contribution in [-0.2, 0) is 14.4 Å². The monoisotopic (exact) mass is 433 g/mol. The lowest BCUT2D eigenvalue weighted by atomic mass is 9.82. The van der Waals surface area contributed by atoms with Gasteiger partial charge >= 0.3 is 0 Å². The second kappa shape index (κ2) is 9.26. The molecule has 1 heterocycles. The molecule has 7 heteroatoms. The third kappa shape index (κ3) is 4.37. The van der Waals surface area contributed by atoms with E-state index in [4.69, 9.17) is 5.73 Å². The highest BCUT2D eigenvalue weighted by molar-refractivity contribution is 6.08. The predicted molar refractivity (Wildman–Crippen MR) is 119 cm³/mol. The zero-order valence-corrected chi connectivity index (χ0v) is 17.7. The van der Waals surface area contributed by atoms with Gasteiger partial charge in [-0.1, -0.05) is 60.7 Å². The maximum Gasteiger partial charge on any atom is 0.290 e. The standard InChI is InChI=1S/C25H27N3O4/c26-23(30)21(18-9-5-2-6-10-18)28-15-20(22(29)25(28)32)24(31)27-19-13-11-17(12-14-19)16-7-3-1-4-8-16/h1-10,17,19,21,29H,11-15H2,(H2,26,30)(H,27,31)/t17-,19+,21?. The first-order valence-electron chi connectivity index (χ1n) is 10.9. The number of carbonyl (C=O) groups excluding carboxylic acids is 3. The van der Waals surface area contributed by atoms with Crippen LogP contribution >= 0.6 is 0 Å². The molecular weight excluding hydrogens is 406 g/mol. The Morgan fingerprint density at radius 2 is 1.56 bits per heavy atom. The van der Waals surface area contributed by atoms with E-state index in [0.717, 1.165) is 30.6 Å². The number of aliphatic hydroxyl groups excluding tert-OH is 1. The molecule has 2 aromatic rings. The van der Waals surface area contributed by atoms with Crippen molar-refractivity contribution in [1.29, 1.82) is 0 Å². The fraction of sp³-hybridized carbons (Fsp3) is 0.320. The number of primary amides is 1. The summed E-state index contributed by atoms with van der Waals surface area (Å²) in [6.07, 6.45) is 3.57. The molecule has 2 aromatic carbocycles. The summed E-state index contributed by atoms with van der Waals surface area (Å²) < 4.78 is 0. The molecule has 4 rings (SSSR count). The molecule has 3 amide bonds. The van der Waals surface area contributed by atoms with Crippen LogP contribution < -0.4 is 11.1 Å². The largest absolute Gasteiger partial charge is 0.503 e. The van der Waals surface area contributed by atoms with Crippen LogP contribution in [0.4, 0.5) is 0 Å². The van der Waals surface area contributed by atoms with Crippen LogP contribution in [0.15, 0.2) is 72.0 Å². The van der Waals surface area contributed by atoms with Gasteiger partial charge in [-0.3, -0.25) is 14.4 Å². The lowest BCUT2D eigenvalue weighted by Crippen LogP contribution is -2.41. The third-order valence-corrected chi connectivity index (χ3v) is 6.38. The average molecular weight is 434 g/mol. The summed E-state index contributed by atoms with van der Waals surface area (Å²) in [6.45, 7) is -0.168. The highest BCUT2D eigenvalue weighted by Gasteiger charge is 2.41. The maximum atomic E-state index is 12.9. The van der Waals surface area contributed by atoms with Crippen LogP contribution in [0, 0.1) is 0 Å². The van der Waals surface area contributed by atoms with Gasteiger partial charge in [0.25, 0.3) is 11.8 Å². The van der Waals surface area contributed by atoms with Gasteiger partial charge < -0.3 is 21.1 Å². The van der Waals surface area contributed by atoms with Crippen molar-refractivity contribution < 1.29 is 19.5 Å². The van der Waals surface area contributed by atoms with Crippen LogP contribution in [0.5, 0.6) is 0 Å². The smallest absolute Gasteiger partial charge is 0.290 e. The quantitative estimate of drug-likeness (QED) is 0.650. The van der Waals surface area contributed by atoms with Gasteiger partial charge in [-0.2, -0.15) is 0 Å². The summed E-state index contributed by atoms with van der Waals surface area (Å²) in [5.74, 6) is -2.11. The van der Waals surface area contributed by atoms with Crippen LogP contribution in [0.25, 0.3) is 0 Å². The lowest BCUT2D eigenvalue weighted by Gasteiger charge is -2.29. The predicted octanol–water partition coefficient (Wildman–Crippen LogP) is 2.71. The Morgan fingerprint density at radius 1 is 0.969 bits per heavy atom. The summed E-state index contributed by atoms with van der Waals surface area (Å²) in [5.41, 5.74) is 7.37. The summed E-state index contributed by atoms with van der Waals surface area (Å²) in [6, 6.07) is 17.9. The molecule has 4 N–H and O–H groups in total. The topological polar surface area (TPSA) is 113 Å². The molecule has 1 aliphatic carbocycles. The zero-order chi connectivity index (χ0) is 22.7. The number of carbonyl (C=O) groups is 3. The minimum atomic E-state index is -1.06. The number of nitrogens with one attached hydrogen (secondary N) is 1. The molecule has 2 aliphatic rings. The normalized spacial score (nSPS) is 22.0. The van der Waals surface area contributed by atoms with Crippen LogP contribution in [0.3, 0.4) is 0 Å². The minimum Gasteiger partial charge on any atom is -0.503 e. The van der Waals surface area contributed by atoms with E-state index < -0.39 is 29.5 Å². The Hall–Kier alpha value is -3.61. The molecule has 0 spiro atoms. The van der Waals surface area contributed by atoms with Crippen molar-refractivity contribution in [3.63, 3.8) is 0 Å². The van der Waals surface area contributed by atoms with Crippen molar-refractivity contribution in [2.75, 3.05) is 6.54 Å². The Balaban J connectivity index is 1.40. The van der Waals surface area contributed by atoms with E-state index >= 15 is 0 Å². The Morgan fingerprint density at radius 3 is 2.16 bits per heavy atom. The van der Waals surface area contributed by atoms with E-state index in [2.05, 4.69) is 17.4 Å². The fourth-order valence-corrected chi connectivity index (χ4v) is 4.67. The van der Waals surface area contributed by atoms with Gasteiger partial charge in [-0.15, -0.1) is 0 Å². The number of hydrogen-bond acceptors (Lipinski definition) is 4. The molecule has 0 saturated heterocycles. The molecule has 1 aliphatic heterocycles. The number of rotatable bonds is 6. The van der Waals surface area contributed by atoms with Gasteiger partial charge in [0.15, 0.2) is 5.76 Å². The van der Waals surface area contributed by atoms with E-state index in [1.807, 2.05) is 18.2 Å². The maximum absolute atomic E-state index is 12.9. The molecule has 32 heavy (non-hydrogen) atoms. The Bertz CT molecular complexity index is 1030. The summed E-state index contributed by atoms with van der Waals surface area (Å²) >= 11 is 0. The van der Waals surface area contributed by atoms with Gasteiger partial charge in [0.2, 0.25) is 5.91 Å². The molecule has 166 valence electrons. The SMILES string of the molecule is NC(=O)C(c1ccccc1)N1CC(C(=O)N[C@H]2CC[C@@H](c3ccccc3)CC2)=C(O)C1=O. The Labute approximate surface area is 186 Å². The molecule has 0 radical (unpaired) electrons. The number of amides is 3. The molecule has 1 fully saturated rings. The van der Waals surface area contributed by atoms with Crippen molar-refractivity contribution in [2.24, 2.45) is 5.73 Å². The van der Waals surface area contributed by atoms with Gasteiger partial charge in [-0.25, -0.2) is 0 Å². The van der Waals surface area contributed by atoms with Gasteiger partial charge in [-0.05, 0) is 42.7 Å². The summed E-state index contributed by atoms with van der Waals surface area (Å²) in [5, 5.41) is 13.3. The van der Waals surface area contributed by atoms with Gasteiger partial charge in [0, 0.05) is 6.04 Å². The van der Waals surface area contributed by atoms with Gasteiger partial charge in [0.1, 0.15) is 6.04 Å². The minimum absolute atomic E-state index is 0.0204. The molecule has 1 unspecified atom stereocenters. The number of nitrogens with two attached hydrogens (primary N) is 1. The second-order valence-electron chi connectivity index (χ2n) is 8.41. The number of aliphatic hydroxyl groups is 1. The van der Waals surface area contributed by atoms with Crippen molar-refractivity contribution >= 4 is 17.7 Å². The van der Waals surface area contributed by atoms with Crippen molar-refractivity contribution in [2.45, 2.75) is 43.7 Å². The van der Waals surface area contributed by atoms with E-state index in [0.29, 0.717) is 11.5 Å². The number of hydrogen-bond donors (Lipinski definition) is 3. The first-order chi connectivity index (χ1) is 15.5. The zero-order valence-electron chi connectivity index (χ0n) is 17.7. The summed E-state index contributed by atoms with van der Waals surface area (Å²) in [4.78, 5) is 38.8. The molecule has 0 bridgehead atoms. The Kier molecular flexibility index (Phi) is 6.25. The third-order valence-electron chi connectivity index (χ3n) is 6.38. The van der Waals surface area contributed by atoms with E-state index in [-0.39, 0.29) is 18.2 Å². The number of nitrogens with zero attached hydrogens (tertiary/aromatic N) is 1. The highest BCUT2D eigenvalue weighted by Crippen LogP contribution is 2.33.